The molecule has 2 heterocycles. The van der Waals surface area contributed by atoms with E-state index in [-0.39, 0.29) is 4.88 Å². The van der Waals surface area contributed by atoms with Crippen LogP contribution in [0.25, 0.3) is 11.5 Å². The fraction of sp³-hybridized carbons (Fsp3) is 0. The molecule has 0 atom stereocenters. The average molecular weight is 207 g/mol. The van der Waals surface area contributed by atoms with Crippen molar-refractivity contribution >= 4 is 17.5 Å². The van der Waals surface area contributed by atoms with Gasteiger partial charge in [-0.3, -0.25) is 0 Å². The zero-order valence-electron chi connectivity index (χ0n) is 6.91. The Labute approximate surface area is 83.2 Å². The van der Waals surface area contributed by atoms with Crippen molar-refractivity contribution in [1.82, 2.24) is 14.3 Å². The fourth-order valence-electron chi connectivity index (χ4n) is 0.913. The third kappa shape index (κ3) is 1.60. The molecule has 0 bridgehead atoms. The van der Waals surface area contributed by atoms with Crippen molar-refractivity contribution < 1.29 is 9.90 Å². The molecule has 0 saturated heterocycles. The third-order valence-electron chi connectivity index (χ3n) is 1.52. The lowest BCUT2D eigenvalue weighted by atomic mass is 10.3. The van der Waals surface area contributed by atoms with Crippen molar-refractivity contribution in [2.24, 2.45) is 0 Å². The highest BCUT2D eigenvalue weighted by Crippen LogP contribution is 2.17. The number of carbonyl (C=O) groups is 1. The number of aromatic carboxylic acids is 1. The van der Waals surface area contributed by atoms with Crippen LogP contribution in [-0.4, -0.2) is 25.4 Å². The van der Waals surface area contributed by atoms with Crippen molar-refractivity contribution in [3.05, 3.63) is 29.4 Å². The first-order chi connectivity index (χ1) is 6.77. The molecule has 0 saturated carbocycles. The van der Waals surface area contributed by atoms with Crippen LogP contribution in [0.1, 0.15) is 9.67 Å². The zero-order chi connectivity index (χ0) is 9.97. The van der Waals surface area contributed by atoms with Gasteiger partial charge in [0.25, 0.3) is 0 Å². The van der Waals surface area contributed by atoms with Crippen LogP contribution in [0.3, 0.4) is 0 Å². The van der Waals surface area contributed by atoms with Gasteiger partial charge in [-0.15, -0.1) is 0 Å². The quantitative estimate of drug-likeness (QED) is 0.803. The monoisotopic (exact) mass is 207 g/mol. The van der Waals surface area contributed by atoms with Crippen LogP contribution in [-0.2, 0) is 0 Å². The molecule has 70 valence electrons. The lowest BCUT2D eigenvalue weighted by Gasteiger charge is -1.90. The minimum atomic E-state index is -0.982. The summed E-state index contributed by atoms with van der Waals surface area (Å²) in [5, 5.41) is 8.67. The molecular formula is C8H5N3O2S. The van der Waals surface area contributed by atoms with Gasteiger partial charge in [-0.1, -0.05) is 0 Å². The molecule has 0 unspecified atom stereocenters. The maximum atomic E-state index is 10.6. The number of carboxylic acid groups (broad SMARTS) is 1. The van der Waals surface area contributed by atoms with E-state index in [1.807, 2.05) is 0 Å². The Bertz CT molecular complexity index is 455. The van der Waals surface area contributed by atoms with E-state index in [0.717, 1.165) is 11.5 Å². The molecule has 14 heavy (non-hydrogen) atoms. The molecule has 6 heteroatoms. The lowest BCUT2D eigenvalue weighted by molar-refractivity contribution is 0.0702. The smallest absolute Gasteiger partial charge is 0.347 e. The number of hydrogen-bond donors (Lipinski definition) is 1. The van der Waals surface area contributed by atoms with Crippen LogP contribution < -0.4 is 0 Å². The van der Waals surface area contributed by atoms with Crippen LogP contribution in [0.15, 0.2) is 24.5 Å². The van der Waals surface area contributed by atoms with Gasteiger partial charge in [-0.2, -0.15) is 4.37 Å². The second-order valence-corrected chi connectivity index (χ2v) is 3.26. The first-order valence-electron chi connectivity index (χ1n) is 3.75. The molecule has 0 aliphatic rings. The van der Waals surface area contributed by atoms with Gasteiger partial charge in [-0.05, 0) is 23.7 Å². The molecule has 0 aliphatic carbocycles. The zero-order valence-corrected chi connectivity index (χ0v) is 7.73. The summed E-state index contributed by atoms with van der Waals surface area (Å²) in [6.07, 6.45) is 3.17. The second kappa shape index (κ2) is 3.51. The molecule has 0 amide bonds. The Balaban J connectivity index is 2.39. The van der Waals surface area contributed by atoms with E-state index < -0.39 is 5.97 Å². The highest BCUT2D eigenvalue weighted by atomic mass is 32.1. The van der Waals surface area contributed by atoms with E-state index >= 15 is 0 Å². The normalized spacial score (nSPS) is 10.0. The van der Waals surface area contributed by atoms with Gasteiger partial charge >= 0.3 is 5.97 Å². The maximum absolute atomic E-state index is 10.6. The highest BCUT2D eigenvalue weighted by Gasteiger charge is 2.10. The summed E-state index contributed by atoms with van der Waals surface area (Å²) >= 11 is 0.923. The Morgan fingerprint density at radius 2 is 2.07 bits per heavy atom. The molecule has 2 rings (SSSR count). The van der Waals surface area contributed by atoms with Gasteiger partial charge in [-0.25, -0.2) is 14.8 Å². The van der Waals surface area contributed by atoms with E-state index in [9.17, 15) is 4.79 Å². The topological polar surface area (TPSA) is 76.0 Å². The Morgan fingerprint density at radius 3 is 2.64 bits per heavy atom. The van der Waals surface area contributed by atoms with Crippen molar-refractivity contribution in [3.8, 4) is 11.5 Å². The van der Waals surface area contributed by atoms with Crippen molar-refractivity contribution in [2.45, 2.75) is 0 Å². The molecule has 0 radical (unpaired) electrons. The summed E-state index contributed by atoms with van der Waals surface area (Å²) in [5.74, 6) is -0.541. The van der Waals surface area contributed by atoms with Gasteiger partial charge in [0.1, 0.15) is 10.6 Å². The molecule has 0 aromatic carbocycles. The van der Waals surface area contributed by atoms with E-state index in [4.69, 9.17) is 5.11 Å². The molecule has 1 N–H and O–H groups in total. The maximum Gasteiger partial charge on any atom is 0.347 e. The van der Waals surface area contributed by atoms with Crippen LogP contribution in [0.5, 0.6) is 0 Å². The van der Waals surface area contributed by atoms with Gasteiger partial charge in [0.15, 0.2) is 5.82 Å². The largest absolute Gasteiger partial charge is 0.477 e. The highest BCUT2D eigenvalue weighted by molar-refractivity contribution is 7.08. The van der Waals surface area contributed by atoms with E-state index in [2.05, 4.69) is 14.3 Å². The summed E-state index contributed by atoms with van der Waals surface area (Å²) in [7, 11) is 0. The molecule has 0 spiro atoms. The predicted molar refractivity (Wildman–Crippen MR) is 50.1 cm³/mol. The van der Waals surface area contributed by atoms with Crippen molar-refractivity contribution in [2.75, 3.05) is 0 Å². The number of hydrogen-bond acceptors (Lipinski definition) is 5. The van der Waals surface area contributed by atoms with Crippen molar-refractivity contribution in [3.63, 3.8) is 0 Å². The minimum Gasteiger partial charge on any atom is -0.477 e. The minimum absolute atomic E-state index is 0.187. The van der Waals surface area contributed by atoms with Crippen LogP contribution in [0.4, 0.5) is 0 Å². The molecule has 2 aromatic rings. The van der Waals surface area contributed by atoms with E-state index in [1.54, 1.807) is 18.5 Å². The molecule has 2 aromatic heterocycles. The first-order valence-corrected chi connectivity index (χ1v) is 4.52. The molecule has 0 aliphatic heterocycles. The lowest BCUT2D eigenvalue weighted by Crippen LogP contribution is -1.90. The first kappa shape index (κ1) is 8.76. The summed E-state index contributed by atoms with van der Waals surface area (Å²) in [4.78, 5) is 18.7. The SMILES string of the molecule is O=C(O)c1cc(-c2ncccn2)ns1. The Morgan fingerprint density at radius 1 is 1.36 bits per heavy atom. The predicted octanol–water partition coefficient (Wildman–Crippen LogP) is 1.30. The number of rotatable bonds is 2. The summed E-state index contributed by atoms with van der Waals surface area (Å²) in [5.41, 5.74) is 0.494. The molecule has 5 nitrogen and oxygen atoms in total. The summed E-state index contributed by atoms with van der Waals surface area (Å²) < 4.78 is 3.94. The van der Waals surface area contributed by atoms with E-state index in [1.165, 1.54) is 6.07 Å². The fourth-order valence-corrected chi connectivity index (χ4v) is 1.49. The van der Waals surface area contributed by atoms with Gasteiger partial charge in [0, 0.05) is 12.4 Å². The molecule has 0 fully saturated rings. The Hall–Kier alpha value is -1.82. The van der Waals surface area contributed by atoms with Crippen molar-refractivity contribution in [1.29, 1.82) is 0 Å². The van der Waals surface area contributed by atoms with Gasteiger partial charge in [0.05, 0.1) is 0 Å². The van der Waals surface area contributed by atoms with Crippen LogP contribution in [0.2, 0.25) is 0 Å². The summed E-state index contributed by atoms with van der Waals surface area (Å²) in [6.45, 7) is 0. The number of carboxylic acids is 1. The summed E-state index contributed by atoms with van der Waals surface area (Å²) in [6, 6.07) is 3.15. The van der Waals surface area contributed by atoms with E-state index in [0.29, 0.717) is 11.5 Å². The Kier molecular flexibility index (Phi) is 2.19. The van der Waals surface area contributed by atoms with Gasteiger partial charge < -0.3 is 5.11 Å². The van der Waals surface area contributed by atoms with Crippen LogP contribution in [0, 0.1) is 0 Å². The number of nitrogens with zero attached hydrogens (tertiary/aromatic N) is 3. The average Bonchev–Trinajstić information content (AvgIpc) is 2.68. The standard InChI is InChI=1S/C8H5N3O2S/c12-8(13)6-4-5(11-14-6)7-9-2-1-3-10-7/h1-4H,(H,12,13). The second-order valence-electron chi connectivity index (χ2n) is 2.45. The van der Waals surface area contributed by atoms with Crippen LogP contribution >= 0.6 is 11.5 Å². The van der Waals surface area contributed by atoms with Gasteiger partial charge in [0.2, 0.25) is 0 Å². The molecular weight excluding hydrogens is 202 g/mol. The number of aromatic nitrogens is 3. The third-order valence-corrected chi connectivity index (χ3v) is 2.29.